The molecule has 2 aliphatic rings. The predicted octanol–water partition coefficient (Wildman–Crippen LogP) is 7.31. The summed E-state index contributed by atoms with van der Waals surface area (Å²) < 4.78 is 72.1. The van der Waals surface area contributed by atoms with Crippen LogP contribution >= 0.6 is 11.9 Å². The summed E-state index contributed by atoms with van der Waals surface area (Å²) in [6.45, 7) is 4.46. The monoisotopic (exact) mass is 599 g/mol. The number of benzene rings is 2. The number of piperidine rings is 1. The van der Waals surface area contributed by atoms with Gasteiger partial charge in [-0.2, -0.15) is 13.2 Å². The van der Waals surface area contributed by atoms with Gasteiger partial charge in [0.15, 0.2) is 0 Å². The molecule has 1 saturated heterocycles. The van der Waals surface area contributed by atoms with E-state index in [2.05, 4.69) is 6.58 Å². The highest BCUT2D eigenvalue weighted by Gasteiger charge is 2.38. The van der Waals surface area contributed by atoms with Crippen molar-refractivity contribution in [3.8, 4) is 5.75 Å². The molecule has 0 bridgehead atoms. The fourth-order valence-electron chi connectivity index (χ4n) is 4.81. The van der Waals surface area contributed by atoms with Gasteiger partial charge in [0.1, 0.15) is 5.75 Å². The maximum absolute atomic E-state index is 14.3. The number of amides is 1. The van der Waals surface area contributed by atoms with Crippen molar-refractivity contribution in [3.05, 3.63) is 66.2 Å². The molecule has 0 unspecified atom stereocenters. The molecule has 4 N–H and O–H groups in total. The highest BCUT2D eigenvalue weighted by atomic mass is 32.2. The number of rotatable bonds is 8. The van der Waals surface area contributed by atoms with Crippen LogP contribution < -0.4 is 15.6 Å². The van der Waals surface area contributed by atoms with E-state index in [0.717, 1.165) is 47.4 Å². The molecule has 2 aromatic rings. The van der Waals surface area contributed by atoms with Crippen LogP contribution in [-0.4, -0.2) is 42.7 Å². The molecule has 5 nitrogen and oxygen atoms in total. The number of hydrogen-bond acceptors (Lipinski definition) is 5. The third-order valence-corrected chi connectivity index (χ3v) is 7.98. The van der Waals surface area contributed by atoms with Crippen LogP contribution in [0.4, 0.5) is 22.0 Å². The van der Waals surface area contributed by atoms with E-state index in [1.807, 2.05) is 24.3 Å². The maximum atomic E-state index is 14.3. The molecule has 0 atom stereocenters. The molecule has 4 rings (SSSR count). The molecule has 1 aliphatic carbocycles. The zero-order valence-electron chi connectivity index (χ0n) is 23.0. The minimum atomic E-state index is -4.63. The first-order chi connectivity index (χ1) is 19.4. The molecule has 41 heavy (non-hydrogen) atoms. The number of carbonyl (C=O) groups is 1. The van der Waals surface area contributed by atoms with Crippen molar-refractivity contribution in [1.82, 2.24) is 4.90 Å². The van der Waals surface area contributed by atoms with Gasteiger partial charge in [-0.05, 0) is 73.4 Å². The van der Waals surface area contributed by atoms with Gasteiger partial charge in [-0.1, -0.05) is 50.1 Å². The summed E-state index contributed by atoms with van der Waals surface area (Å²) in [5.41, 5.74) is 3.81. The molecule has 0 radical (unpaired) electrons. The lowest BCUT2D eigenvalue weighted by Gasteiger charge is -2.31. The number of halogens is 5. The van der Waals surface area contributed by atoms with Gasteiger partial charge in [-0.3, -0.25) is 9.93 Å². The quantitative estimate of drug-likeness (QED) is 0.246. The summed E-state index contributed by atoms with van der Waals surface area (Å²) in [5.74, 6) is -2.43. The number of ether oxygens (including phenoxy) is 1. The van der Waals surface area contributed by atoms with Crippen LogP contribution in [-0.2, 0) is 10.7 Å². The first-order valence-corrected chi connectivity index (χ1v) is 14.6. The SMILES string of the molecule is C=C(c1ccc(C(F)(F)CC(=O)N2CCC(N)CC2)cc1)C(F)(F)F.NSc1ccc(OCC2CCCCC2)cc1. The second-order valence-corrected chi connectivity index (χ2v) is 11.3. The Hall–Kier alpha value is -2.63. The minimum Gasteiger partial charge on any atom is -0.493 e. The van der Waals surface area contributed by atoms with Gasteiger partial charge in [0.25, 0.3) is 5.92 Å². The number of nitrogens with zero attached hydrogens (tertiary/aromatic N) is 1. The second kappa shape index (κ2) is 15.0. The lowest BCUT2D eigenvalue weighted by atomic mass is 9.90. The van der Waals surface area contributed by atoms with Crippen LogP contribution in [0.1, 0.15) is 62.5 Å². The van der Waals surface area contributed by atoms with Crippen molar-refractivity contribution < 1.29 is 31.5 Å². The van der Waals surface area contributed by atoms with Crippen LogP contribution in [0.15, 0.2) is 60.0 Å². The van der Waals surface area contributed by atoms with Crippen LogP contribution in [0.2, 0.25) is 0 Å². The molecule has 1 heterocycles. The smallest absolute Gasteiger partial charge is 0.416 e. The molecule has 1 saturated carbocycles. The Morgan fingerprint density at radius 2 is 1.51 bits per heavy atom. The Bertz CT molecular complexity index is 1110. The van der Waals surface area contributed by atoms with Crippen molar-refractivity contribution in [2.24, 2.45) is 16.8 Å². The fraction of sp³-hybridized carbons (Fsp3) is 0.500. The number of likely N-dealkylation sites (tertiary alicyclic amines) is 1. The van der Waals surface area contributed by atoms with E-state index in [-0.39, 0.29) is 11.6 Å². The Morgan fingerprint density at radius 3 is 2.05 bits per heavy atom. The van der Waals surface area contributed by atoms with E-state index in [1.54, 1.807) is 0 Å². The summed E-state index contributed by atoms with van der Waals surface area (Å²) in [4.78, 5) is 14.5. The summed E-state index contributed by atoms with van der Waals surface area (Å²) in [7, 11) is 0. The third kappa shape index (κ3) is 10.3. The zero-order valence-corrected chi connectivity index (χ0v) is 23.8. The highest BCUT2D eigenvalue weighted by Crippen LogP contribution is 2.36. The largest absolute Gasteiger partial charge is 0.493 e. The van der Waals surface area contributed by atoms with Gasteiger partial charge in [-0.25, -0.2) is 8.78 Å². The van der Waals surface area contributed by atoms with Crippen molar-refractivity contribution in [2.45, 2.75) is 74.4 Å². The molecule has 0 aromatic heterocycles. The fourth-order valence-corrected chi connectivity index (χ4v) is 5.11. The summed E-state index contributed by atoms with van der Waals surface area (Å²) >= 11 is 1.27. The zero-order chi connectivity index (χ0) is 30.0. The molecular weight excluding hydrogens is 561 g/mol. The van der Waals surface area contributed by atoms with Crippen LogP contribution in [0.5, 0.6) is 5.75 Å². The van der Waals surface area contributed by atoms with Gasteiger partial charge >= 0.3 is 6.18 Å². The van der Waals surface area contributed by atoms with Gasteiger partial charge in [-0.15, -0.1) is 0 Å². The number of alkyl halides is 5. The van der Waals surface area contributed by atoms with E-state index >= 15 is 0 Å². The normalized spacial score (nSPS) is 17.0. The lowest BCUT2D eigenvalue weighted by molar-refractivity contribution is -0.140. The second-order valence-electron chi connectivity index (χ2n) is 10.6. The van der Waals surface area contributed by atoms with E-state index < -0.39 is 35.6 Å². The molecule has 226 valence electrons. The van der Waals surface area contributed by atoms with Crippen molar-refractivity contribution in [2.75, 3.05) is 19.7 Å². The Morgan fingerprint density at radius 1 is 0.927 bits per heavy atom. The van der Waals surface area contributed by atoms with Crippen LogP contribution in [0, 0.1) is 5.92 Å². The topological polar surface area (TPSA) is 81.6 Å². The lowest BCUT2D eigenvalue weighted by Crippen LogP contribution is -2.44. The van der Waals surface area contributed by atoms with Crippen LogP contribution in [0.3, 0.4) is 0 Å². The Kier molecular flexibility index (Phi) is 12.0. The average molecular weight is 600 g/mol. The van der Waals surface area contributed by atoms with Gasteiger partial charge in [0.2, 0.25) is 5.91 Å². The van der Waals surface area contributed by atoms with Gasteiger partial charge < -0.3 is 15.4 Å². The maximum Gasteiger partial charge on any atom is 0.416 e. The van der Waals surface area contributed by atoms with E-state index in [0.29, 0.717) is 25.9 Å². The summed E-state index contributed by atoms with van der Waals surface area (Å²) in [6.07, 6.45) is 2.27. The number of hydrogen-bond donors (Lipinski definition) is 2. The number of allylic oxidation sites excluding steroid dienone is 1. The molecule has 11 heteroatoms. The van der Waals surface area contributed by atoms with Crippen molar-refractivity contribution >= 4 is 23.4 Å². The summed E-state index contributed by atoms with van der Waals surface area (Å²) in [6, 6.07) is 11.6. The van der Waals surface area contributed by atoms with Crippen LogP contribution in [0.25, 0.3) is 5.57 Å². The van der Waals surface area contributed by atoms with Crippen molar-refractivity contribution in [3.63, 3.8) is 0 Å². The molecule has 2 fully saturated rings. The highest BCUT2D eigenvalue weighted by molar-refractivity contribution is 7.97. The first-order valence-electron chi connectivity index (χ1n) is 13.8. The Labute approximate surface area is 242 Å². The Balaban J connectivity index is 0.000000248. The standard InChI is InChI=1S/C17H19F5N2O.C13H19NOS/c1-11(17(20,21)22)12-2-4-13(5-3-12)16(18,19)10-15(25)24-8-6-14(23)7-9-24;14-16-13-8-6-12(7-9-13)15-10-11-4-2-1-3-5-11/h2-5,14H,1,6-10,23H2;6-9,11H,1-5,10,14H2. The molecule has 2 aromatic carbocycles. The molecule has 0 spiro atoms. The first kappa shape index (κ1) is 32.9. The molecule has 1 amide bonds. The van der Waals surface area contributed by atoms with Gasteiger partial charge in [0, 0.05) is 29.6 Å². The van der Waals surface area contributed by atoms with Gasteiger partial charge in [0.05, 0.1) is 18.6 Å². The number of nitrogens with two attached hydrogens (primary N) is 2. The average Bonchev–Trinajstić information content (AvgIpc) is 2.96. The number of carbonyl (C=O) groups excluding carboxylic acids is 1. The molecular formula is C30H38F5N3O2S. The van der Waals surface area contributed by atoms with E-state index in [4.69, 9.17) is 15.6 Å². The predicted molar refractivity (Wildman–Crippen MR) is 152 cm³/mol. The minimum absolute atomic E-state index is 0.0289. The third-order valence-electron chi connectivity index (χ3n) is 7.43. The summed E-state index contributed by atoms with van der Waals surface area (Å²) in [5, 5.41) is 5.47. The molecule has 1 aliphatic heterocycles. The van der Waals surface area contributed by atoms with E-state index in [9.17, 15) is 26.7 Å². The van der Waals surface area contributed by atoms with E-state index in [1.165, 1.54) is 49.0 Å². The van der Waals surface area contributed by atoms with Crippen molar-refractivity contribution in [1.29, 1.82) is 0 Å².